The van der Waals surface area contributed by atoms with E-state index in [4.69, 9.17) is 4.74 Å². The van der Waals surface area contributed by atoms with Crippen LogP contribution in [0, 0.1) is 30.2 Å². The lowest BCUT2D eigenvalue weighted by atomic mass is 9.97. The number of fused-ring (bicyclic) bond motifs is 1. The summed E-state index contributed by atoms with van der Waals surface area (Å²) < 4.78 is 62.0. The molecule has 2 aromatic carbocycles. The third kappa shape index (κ3) is 3.75. The summed E-state index contributed by atoms with van der Waals surface area (Å²) in [6, 6.07) is 3.17. The fraction of sp³-hybridized carbons (Fsp3) is 0.273. The molecule has 1 unspecified atom stereocenters. The van der Waals surface area contributed by atoms with Crippen molar-refractivity contribution in [1.29, 1.82) is 0 Å². The van der Waals surface area contributed by atoms with Crippen molar-refractivity contribution in [1.82, 2.24) is 4.57 Å². The molecule has 1 heterocycles. The van der Waals surface area contributed by atoms with Crippen LogP contribution < -0.4 is 0 Å². The SMILES string of the molecule is Cc1c(C(C)C(=O)OC(C)C)c2c(F)c(O)c(F)cc2n1C(=O)c1ccc(F)c(F)c1. The molecule has 1 atom stereocenters. The summed E-state index contributed by atoms with van der Waals surface area (Å²) in [6.45, 7) is 6.05. The van der Waals surface area contributed by atoms with E-state index in [9.17, 15) is 32.3 Å². The minimum Gasteiger partial charge on any atom is -0.503 e. The number of nitrogens with zero attached hydrogens (tertiary/aromatic N) is 1. The van der Waals surface area contributed by atoms with E-state index in [2.05, 4.69) is 0 Å². The quantitative estimate of drug-likeness (QED) is 0.463. The van der Waals surface area contributed by atoms with Crippen LogP contribution in [0.5, 0.6) is 5.75 Å². The van der Waals surface area contributed by atoms with Gasteiger partial charge in [0, 0.05) is 22.7 Å². The molecular formula is C22H19F4NO4. The number of benzene rings is 2. The van der Waals surface area contributed by atoms with E-state index >= 15 is 0 Å². The van der Waals surface area contributed by atoms with Gasteiger partial charge in [0.1, 0.15) is 0 Å². The second-order valence-electron chi connectivity index (χ2n) is 7.39. The minimum atomic E-state index is -1.35. The molecule has 1 N–H and O–H groups in total. The second kappa shape index (κ2) is 8.05. The zero-order chi connectivity index (χ0) is 23.2. The largest absolute Gasteiger partial charge is 0.503 e. The van der Waals surface area contributed by atoms with Crippen LogP contribution in [0.25, 0.3) is 10.9 Å². The van der Waals surface area contributed by atoms with Crippen molar-refractivity contribution in [3.8, 4) is 5.75 Å². The molecule has 0 saturated heterocycles. The molecule has 0 spiro atoms. The first-order chi connectivity index (χ1) is 14.5. The van der Waals surface area contributed by atoms with Crippen molar-refractivity contribution in [3.63, 3.8) is 0 Å². The van der Waals surface area contributed by atoms with Crippen molar-refractivity contribution >= 4 is 22.8 Å². The summed E-state index contributed by atoms with van der Waals surface area (Å²) in [4.78, 5) is 25.6. The summed E-state index contributed by atoms with van der Waals surface area (Å²) in [5.74, 6) is -9.09. The van der Waals surface area contributed by atoms with E-state index in [1.54, 1.807) is 13.8 Å². The van der Waals surface area contributed by atoms with Gasteiger partial charge in [-0.05, 0) is 51.5 Å². The Morgan fingerprint density at radius 2 is 1.65 bits per heavy atom. The molecule has 3 aromatic rings. The van der Waals surface area contributed by atoms with Crippen LogP contribution in [-0.4, -0.2) is 27.7 Å². The molecule has 0 aliphatic heterocycles. The predicted octanol–water partition coefficient (Wildman–Crippen LogP) is 4.96. The van der Waals surface area contributed by atoms with E-state index < -0.39 is 52.9 Å². The highest BCUT2D eigenvalue weighted by molar-refractivity contribution is 6.05. The minimum absolute atomic E-state index is 0.00406. The summed E-state index contributed by atoms with van der Waals surface area (Å²) in [5, 5.41) is 9.42. The molecular weight excluding hydrogens is 418 g/mol. The van der Waals surface area contributed by atoms with E-state index in [0.717, 1.165) is 22.8 Å². The lowest BCUT2D eigenvalue weighted by Crippen LogP contribution is -2.19. The predicted molar refractivity (Wildman–Crippen MR) is 104 cm³/mol. The number of rotatable bonds is 4. The Hall–Kier alpha value is -3.36. The topological polar surface area (TPSA) is 68.5 Å². The molecule has 9 heteroatoms. The fourth-order valence-corrected chi connectivity index (χ4v) is 3.51. The highest BCUT2D eigenvalue weighted by atomic mass is 19.2. The van der Waals surface area contributed by atoms with Gasteiger partial charge in [-0.1, -0.05) is 0 Å². The molecule has 1 aromatic heterocycles. The molecule has 0 aliphatic rings. The maximum absolute atomic E-state index is 14.9. The molecule has 0 radical (unpaired) electrons. The molecule has 0 bridgehead atoms. The number of aromatic nitrogens is 1. The number of carbonyl (C=O) groups is 2. The molecule has 0 fully saturated rings. The molecule has 0 saturated carbocycles. The smallest absolute Gasteiger partial charge is 0.313 e. The van der Waals surface area contributed by atoms with Crippen LogP contribution in [-0.2, 0) is 9.53 Å². The van der Waals surface area contributed by atoms with Gasteiger partial charge in [-0.15, -0.1) is 0 Å². The third-order valence-electron chi connectivity index (χ3n) is 4.92. The van der Waals surface area contributed by atoms with Crippen molar-refractivity contribution in [2.24, 2.45) is 0 Å². The van der Waals surface area contributed by atoms with Crippen molar-refractivity contribution < 1.29 is 37.0 Å². The number of ether oxygens (including phenoxy) is 1. The lowest BCUT2D eigenvalue weighted by molar-refractivity contribution is -0.148. The molecule has 0 aliphatic carbocycles. The van der Waals surface area contributed by atoms with Crippen LogP contribution >= 0.6 is 0 Å². The summed E-state index contributed by atoms with van der Waals surface area (Å²) in [6.07, 6.45) is -0.469. The molecule has 31 heavy (non-hydrogen) atoms. The molecule has 0 amide bonds. The van der Waals surface area contributed by atoms with E-state index in [0.29, 0.717) is 6.07 Å². The maximum atomic E-state index is 14.9. The zero-order valence-corrected chi connectivity index (χ0v) is 17.1. The normalized spacial score (nSPS) is 12.4. The third-order valence-corrected chi connectivity index (χ3v) is 4.92. The van der Waals surface area contributed by atoms with Gasteiger partial charge in [0.05, 0.1) is 17.5 Å². The van der Waals surface area contributed by atoms with E-state index in [1.807, 2.05) is 0 Å². The van der Waals surface area contributed by atoms with Gasteiger partial charge < -0.3 is 9.84 Å². The van der Waals surface area contributed by atoms with E-state index in [-0.39, 0.29) is 27.7 Å². The van der Waals surface area contributed by atoms with E-state index in [1.165, 1.54) is 13.8 Å². The Bertz CT molecular complexity index is 1220. The monoisotopic (exact) mass is 437 g/mol. The standard InChI is InChI=1S/C22H19F4NO4/c1-9(2)31-22(30)10(3)17-11(4)27(16-8-15(25)20(28)19(26)18(16)17)21(29)12-5-6-13(23)14(24)7-12/h5-10,28H,1-4H3. The fourth-order valence-electron chi connectivity index (χ4n) is 3.51. The van der Waals surface area contributed by atoms with Crippen LogP contribution in [0.15, 0.2) is 24.3 Å². The number of aromatic hydroxyl groups is 1. The Balaban J connectivity index is 2.32. The van der Waals surface area contributed by atoms with Crippen LogP contribution in [0.3, 0.4) is 0 Å². The lowest BCUT2D eigenvalue weighted by Gasteiger charge is -2.15. The van der Waals surface area contributed by atoms with Crippen molar-refractivity contribution in [3.05, 3.63) is 64.4 Å². The Kier molecular flexibility index (Phi) is 5.80. The molecule has 5 nitrogen and oxygen atoms in total. The van der Waals surface area contributed by atoms with Gasteiger partial charge >= 0.3 is 5.97 Å². The van der Waals surface area contributed by atoms with Gasteiger partial charge in [0.25, 0.3) is 5.91 Å². The van der Waals surface area contributed by atoms with Crippen molar-refractivity contribution in [2.75, 3.05) is 0 Å². The first kappa shape index (κ1) is 22.3. The van der Waals surface area contributed by atoms with Gasteiger partial charge in [-0.2, -0.15) is 0 Å². The Labute approximate surface area is 174 Å². The number of phenolic OH excluding ortho intramolecular Hbond substituents is 1. The summed E-state index contributed by atoms with van der Waals surface area (Å²) in [7, 11) is 0. The Morgan fingerprint density at radius 1 is 1.00 bits per heavy atom. The zero-order valence-electron chi connectivity index (χ0n) is 17.1. The number of hydrogen-bond acceptors (Lipinski definition) is 4. The number of phenols is 1. The van der Waals surface area contributed by atoms with Gasteiger partial charge in [0.2, 0.25) is 0 Å². The van der Waals surface area contributed by atoms with Crippen LogP contribution in [0.2, 0.25) is 0 Å². The molecule has 3 rings (SSSR count). The highest BCUT2D eigenvalue weighted by Crippen LogP contribution is 2.39. The van der Waals surface area contributed by atoms with Crippen molar-refractivity contribution in [2.45, 2.75) is 39.7 Å². The average Bonchev–Trinajstić information content (AvgIpc) is 2.98. The summed E-state index contributed by atoms with van der Waals surface area (Å²) >= 11 is 0. The highest BCUT2D eigenvalue weighted by Gasteiger charge is 2.31. The Morgan fingerprint density at radius 3 is 2.23 bits per heavy atom. The number of carbonyl (C=O) groups excluding carboxylic acids is 2. The number of hydrogen-bond donors (Lipinski definition) is 1. The molecule has 164 valence electrons. The number of halogens is 4. The van der Waals surface area contributed by atoms with Gasteiger partial charge in [-0.25, -0.2) is 17.6 Å². The van der Waals surface area contributed by atoms with Gasteiger partial charge in [-0.3, -0.25) is 14.2 Å². The van der Waals surface area contributed by atoms with Crippen LogP contribution in [0.4, 0.5) is 17.6 Å². The first-order valence-electron chi connectivity index (χ1n) is 9.37. The van der Waals surface area contributed by atoms with Crippen LogP contribution in [0.1, 0.15) is 48.3 Å². The first-order valence-corrected chi connectivity index (χ1v) is 9.37. The number of esters is 1. The summed E-state index contributed by atoms with van der Waals surface area (Å²) in [5.41, 5.74) is -0.498. The second-order valence-corrected chi connectivity index (χ2v) is 7.39. The maximum Gasteiger partial charge on any atom is 0.313 e. The van der Waals surface area contributed by atoms with Gasteiger partial charge in [0.15, 0.2) is 29.0 Å². The average molecular weight is 437 g/mol.